The molecule has 0 unspecified atom stereocenters. The molecule has 0 aliphatic heterocycles. The number of carbonyl (C=O) groups excluding carboxylic acids is 1. The summed E-state index contributed by atoms with van der Waals surface area (Å²) in [4.78, 5) is 11.8. The molecule has 1 amide bonds. The van der Waals surface area contributed by atoms with Crippen molar-refractivity contribution in [3.05, 3.63) is 29.3 Å². The van der Waals surface area contributed by atoms with Crippen molar-refractivity contribution in [1.82, 2.24) is 10.0 Å². The van der Waals surface area contributed by atoms with E-state index in [4.69, 9.17) is 5.26 Å². The van der Waals surface area contributed by atoms with Crippen molar-refractivity contribution in [2.24, 2.45) is 0 Å². The van der Waals surface area contributed by atoms with Crippen molar-refractivity contribution >= 4 is 22.3 Å². The smallest absolute Gasteiger partial charge is 0.382 e. The minimum Gasteiger partial charge on any atom is -0.504 e. The Balaban J connectivity index is 3.11. The van der Waals surface area contributed by atoms with E-state index in [2.05, 4.69) is 9.50 Å². The molecular formula is C14H17N3O5S. The number of hydrogen-bond acceptors (Lipinski definition) is 6. The molecule has 1 rings (SSSR count). The van der Waals surface area contributed by atoms with Crippen molar-refractivity contribution in [1.29, 1.82) is 5.26 Å². The fraction of sp³-hybridized carbons (Fsp3) is 0.286. The van der Waals surface area contributed by atoms with Gasteiger partial charge < -0.3 is 14.6 Å². The zero-order chi connectivity index (χ0) is 17.5. The van der Waals surface area contributed by atoms with Crippen LogP contribution in [0.2, 0.25) is 0 Å². The van der Waals surface area contributed by atoms with E-state index in [-0.39, 0.29) is 11.3 Å². The Morgan fingerprint density at radius 2 is 2.17 bits per heavy atom. The maximum Gasteiger partial charge on any atom is 0.382 e. The first-order chi connectivity index (χ1) is 10.8. The Kier molecular flexibility index (Phi) is 6.56. The zero-order valence-corrected chi connectivity index (χ0v) is 13.5. The SMILES string of the molecule is CCCNC(=O)/C(C#N)=C/c1ccc(O)c(OS(=O)(=O)NC)c1. The molecule has 0 atom stereocenters. The molecule has 0 fully saturated rings. The Labute approximate surface area is 134 Å². The number of phenols is 1. The molecule has 0 bridgehead atoms. The van der Waals surface area contributed by atoms with Gasteiger partial charge in [0.05, 0.1) is 0 Å². The molecule has 0 saturated carbocycles. The first-order valence-corrected chi connectivity index (χ1v) is 8.09. The van der Waals surface area contributed by atoms with Crippen LogP contribution in [0.4, 0.5) is 0 Å². The Morgan fingerprint density at radius 1 is 1.48 bits per heavy atom. The lowest BCUT2D eigenvalue weighted by atomic mass is 10.1. The van der Waals surface area contributed by atoms with Gasteiger partial charge in [-0.1, -0.05) is 13.0 Å². The third kappa shape index (κ3) is 5.61. The second kappa shape index (κ2) is 8.17. The Morgan fingerprint density at radius 3 is 2.74 bits per heavy atom. The van der Waals surface area contributed by atoms with Gasteiger partial charge in [-0.25, -0.2) is 0 Å². The molecule has 0 saturated heterocycles. The summed E-state index contributed by atoms with van der Waals surface area (Å²) >= 11 is 0. The van der Waals surface area contributed by atoms with E-state index in [0.717, 1.165) is 13.5 Å². The fourth-order valence-corrected chi connectivity index (χ4v) is 1.95. The minimum absolute atomic E-state index is 0.147. The van der Waals surface area contributed by atoms with Crippen molar-refractivity contribution in [3.63, 3.8) is 0 Å². The maximum absolute atomic E-state index is 11.8. The van der Waals surface area contributed by atoms with Gasteiger partial charge in [0.25, 0.3) is 5.91 Å². The molecule has 9 heteroatoms. The van der Waals surface area contributed by atoms with E-state index in [9.17, 15) is 18.3 Å². The van der Waals surface area contributed by atoms with Crippen LogP contribution in [0.25, 0.3) is 6.08 Å². The first kappa shape index (κ1) is 18.5. The summed E-state index contributed by atoms with van der Waals surface area (Å²) < 4.78 is 29.3. The second-order valence-corrected chi connectivity index (χ2v) is 5.88. The highest BCUT2D eigenvalue weighted by Gasteiger charge is 2.14. The van der Waals surface area contributed by atoms with Gasteiger partial charge in [-0.2, -0.15) is 18.4 Å². The monoisotopic (exact) mass is 339 g/mol. The number of hydrogen-bond donors (Lipinski definition) is 3. The van der Waals surface area contributed by atoms with Crippen LogP contribution >= 0.6 is 0 Å². The van der Waals surface area contributed by atoms with Gasteiger partial charge in [-0.3, -0.25) is 4.79 Å². The van der Waals surface area contributed by atoms with E-state index >= 15 is 0 Å². The van der Waals surface area contributed by atoms with E-state index in [1.165, 1.54) is 24.3 Å². The normalized spacial score (nSPS) is 11.6. The number of aromatic hydroxyl groups is 1. The number of nitrogens with one attached hydrogen (secondary N) is 2. The molecule has 0 radical (unpaired) electrons. The van der Waals surface area contributed by atoms with Crippen LogP contribution in [0.15, 0.2) is 23.8 Å². The van der Waals surface area contributed by atoms with Gasteiger partial charge >= 0.3 is 10.3 Å². The van der Waals surface area contributed by atoms with Gasteiger partial charge in [0.1, 0.15) is 11.6 Å². The van der Waals surface area contributed by atoms with Gasteiger partial charge in [-0.15, -0.1) is 0 Å². The molecule has 124 valence electrons. The number of carbonyl (C=O) groups is 1. The van der Waals surface area contributed by atoms with E-state index in [1.54, 1.807) is 6.07 Å². The summed E-state index contributed by atoms with van der Waals surface area (Å²) in [7, 11) is -2.89. The fourth-order valence-electron chi connectivity index (χ4n) is 1.50. The first-order valence-electron chi connectivity index (χ1n) is 6.69. The quantitative estimate of drug-likeness (QED) is 0.495. The van der Waals surface area contributed by atoms with Crippen molar-refractivity contribution in [3.8, 4) is 17.6 Å². The summed E-state index contributed by atoms with van der Waals surface area (Å²) in [5, 5.41) is 21.2. The molecule has 0 heterocycles. The van der Waals surface area contributed by atoms with Crippen molar-refractivity contribution in [2.45, 2.75) is 13.3 Å². The average molecular weight is 339 g/mol. The summed E-state index contributed by atoms with van der Waals surface area (Å²) in [6.07, 6.45) is 1.99. The topological polar surface area (TPSA) is 129 Å². The van der Waals surface area contributed by atoms with Crippen LogP contribution in [-0.4, -0.2) is 33.0 Å². The van der Waals surface area contributed by atoms with E-state index < -0.39 is 22.0 Å². The lowest BCUT2D eigenvalue weighted by Crippen LogP contribution is -2.25. The predicted octanol–water partition coefficient (Wildman–Crippen LogP) is 0.668. The lowest BCUT2D eigenvalue weighted by molar-refractivity contribution is -0.117. The standard InChI is InChI=1S/C14H17N3O5S/c1-3-6-17-14(19)11(9-15)7-10-4-5-12(18)13(8-10)22-23(20,21)16-2/h4-5,7-8,16,18H,3,6H2,1-2H3,(H,17,19)/b11-7+. The summed E-state index contributed by atoms with van der Waals surface area (Å²) in [6, 6.07) is 5.59. The van der Waals surface area contributed by atoms with Crippen LogP contribution in [0.1, 0.15) is 18.9 Å². The predicted molar refractivity (Wildman–Crippen MR) is 83.6 cm³/mol. The van der Waals surface area contributed by atoms with E-state index in [0.29, 0.717) is 12.1 Å². The summed E-state index contributed by atoms with van der Waals surface area (Å²) in [5.74, 6) is -1.25. The average Bonchev–Trinajstić information content (AvgIpc) is 2.52. The molecule has 1 aromatic carbocycles. The molecule has 0 aliphatic rings. The lowest BCUT2D eigenvalue weighted by Gasteiger charge is -2.08. The third-order valence-electron chi connectivity index (χ3n) is 2.64. The largest absolute Gasteiger partial charge is 0.504 e. The van der Waals surface area contributed by atoms with Crippen molar-refractivity contribution in [2.75, 3.05) is 13.6 Å². The van der Waals surface area contributed by atoms with Gasteiger partial charge in [-0.05, 0) is 30.2 Å². The number of nitrogens with zero attached hydrogens (tertiary/aromatic N) is 1. The molecule has 1 aromatic rings. The Bertz CT molecular complexity index is 750. The van der Waals surface area contributed by atoms with Gasteiger partial charge in [0.2, 0.25) is 0 Å². The van der Waals surface area contributed by atoms with Gasteiger partial charge in [0.15, 0.2) is 11.5 Å². The molecule has 0 spiro atoms. The van der Waals surface area contributed by atoms with Crippen LogP contribution in [0, 0.1) is 11.3 Å². The molecule has 0 aliphatic carbocycles. The number of nitriles is 1. The molecule has 0 aromatic heterocycles. The highest BCUT2D eigenvalue weighted by molar-refractivity contribution is 7.85. The summed E-state index contributed by atoms with van der Waals surface area (Å²) in [5.41, 5.74) is 0.180. The molecule has 3 N–H and O–H groups in total. The van der Waals surface area contributed by atoms with Crippen LogP contribution in [0.5, 0.6) is 11.5 Å². The summed E-state index contributed by atoms with van der Waals surface area (Å²) in [6.45, 7) is 2.31. The number of amides is 1. The highest BCUT2D eigenvalue weighted by Crippen LogP contribution is 2.28. The van der Waals surface area contributed by atoms with E-state index in [1.807, 2.05) is 11.6 Å². The Hall–Kier alpha value is -2.57. The number of benzene rings is 1. The van der Waals surface area contributed by atoms with Crippen molar-refractivity contribution < 1.29 is 22.5 Å². The minimum atomic E-state index is -4.05. The molecular weight excluding hydrogens is 322 g/mol. The third-order valence-corrected chi connectivity index (χ3v) is 3.54. The zero-order valence-electron chi connectivity index (χ0n) is 12.7. The van der Waals surface area contributed by atoms with Gasteiger partial charge in [0, 0.05) is 13.6 Å². The highest BCUT2D eigenvalue weighted by atomic mass is 32.2. The molecule has 23 heavy (non-hydrogen) atoms. The van der Waals surface area contributed by atoms with Crippen LogP contribution in [-0.2, 0) is 15.1 Å². The van der Waals surface area contributed by atoms with Crippen LogP contribution in [0.3, 0.4) is 0 Å². The molecule has 8 nitrogen and oxygen atoms in total. The number of phenolic OH excluding ortho intramolecular Hbond substituents is 1. The second-order valence-electron chi connectivity index (χ2n) is 4.39. The maximum atomic E-state index is 11.8. The van der Waals surface area contributed by atoms with Crippen LogP contribution < -0.4 is 14.2 Å². The number of rotatable bonds is 7.